The van der Waals surface area contributed by atoms with E-state index < -0.39 is 19.7 Å². The van der Waals surface area contributed by atoms with Crippen molar-refractivity contribution in [3.05, 3.63) is 51.1 Å². The van der Waals surface area contributed by atoms with Crippen molar-refractivity contribution in [3.8, 4) is 0 Å². The number of benzene rings is 1. The van der Waals surface area contributed by atoms with Crippen molar-refractivity contribution in [3.63, 3.8) is 0 Å². The van der Waals surface area contributed by atoms with E-state index in [1.807, 2.05) is 39.0 Å². The molecule has 0 saturated heterocycles. The molecule has 1 atom stereocenters. The van der Waals surface area contributed by atoms with Crippen LogP contribution in [-0.4, -0.2) is 22.6 Å². The smallest absolute Gasteiger partial charge is 0.192 e. The average molecular weight is 578 g/mol. The summed E-state index contributed by atoms with van der Waals surface area (Å²) in [7, 11) is -1.89. The second kappa shape index (κ2) is 11.1. The Morgan fingerprint density at radius 1 is 1.19 bits per heavy atom. The molecule has 0 radical (unpaired) electrons. The molecule has 1 unspecified atom stereocenters. The minimum atomic E-state index is -1.89. The first kappa shape index (κ1) is 28.2. The van der Waals surface area contributed by atoms with Gasteiger partial charge in [-0.3, -0.25) is 0 Å². The molecule has 1 heterocycles. The summed E-state index contributed by atoms with van der Waals surface area (Å²) >= 11 is 10.5. The van der Waals surface area contributed by atoms with Crippen molar-refractivity contribution in [2.45, 2.75) is 87.5 Å². The number of nitrogens with one attached hydrogen (secondary N) is 1. The molecular weight excluding hydrogens is 544 g/mol. The van der Waals surface area contributed by atoms with Crippen LogP contribution in [0, 0.1) is 0 Å². The lowest BCUT2D eigenvalue weighted by atomic mass is 10.2. The van der Waals surface area contributed by atoms with Crippen LogP contribution >= 0.6 is 39.3 Å². The zero-order chi connectivity index (χ0) is 24.3. The Bertz CT molecular complexity index is 933. The first-order chi connectivity index (χ1) is 14.6. The lowest BCUT2D eigenvalue weighted by Crippen LogP contribution is -2.40. The molecule has 2 rings (SSSR count). The molecule has 0 aliphatic heterocycles. The van der Waals surface area contributed by atoms with Crippen LogP contribution < -0.4 is 4.72 Å². The Hall–Kier alpha value is -0.0631. The third kappa shape index (κ3) is 7.73. The quantitative estimate of drug-likeness (QED) is 0.257. The maximum Gasteiger partial charge on any atom is 0.192 e. The van der Waals surface area contributed by atoms with E-state index >= 15 is 0 Å². The minimum absolute atomic E-state index is 0.138. The fourth-order valence-corrected chi connectivity index (χ4v) is 6.06. The summed E-state index contributed by atoms with van der Waals surface area (Å²) in [5.74, 6) is 0. The van der Waals surface area contributed by atoms with Gasteiger partial charge in [0.1, 0.15) is 9.77 Å². The van der Waals surface area contributed by atoms with E-state index in [9.17, 15) is 4.55 Å². The first-order valence-corrected chi connectivity index (χ1v) is 16.6. The van der Waals surface area contributed by atoms with Crippen LogP contribution in [0.2, 0.25) is 23.2 Å². The summed E-state index contributed by atoms with van der Waals surface area (Å²) in [6.45, 7) is 18.0. The Morgan fingerprint density at radius 3 is 2.44 bits per heavy atom. The molecule has 32 heavy (non-hydrogen) atoms. The zero-order valence-corrected chi connectivity index (χ0v) is 25.1. The topological polar surface area (TPSA) is 57.2 Å². The van der Waals surface area contributed by atoms with Gasteiger partial charge >= 0.3 is 0 Å². The number of hydrogen-bond donors (Lipinski definition) is 1. The summed E-state index contributed by atoms with van der Waals surface area (Å²) in [4.78, 5) is 5.53. The van der Waals surface area contributed by atoms with Gasteiger partial charge < -0.3 is 8.98 Å². The van der Waals surface area contributed by atoms with Crippen LogP contribution in [0.1, 0.15) is 52.7 Å². The summed E-state index contributed by atoms with van der Waals surface area (Å²) in [6.07, 6.45) is 1.79. The Morgan fingerprint density at radius 2 is 1.84 bits per heavy atom. The molecule has 0 spiro atoms. The second-order valence-corrected chi connectivity index (χ2v) is 19.4. The molecule has 0 fully saturated rings. The lowest BCUT2D eigenvalue weighted by Gasteiger charge is -2.36. The van der Waals surface area contributed by atoms with E-state index in [-0.39, 0.29) is 9.79 Å². The first-order valence-electron chi connectivity index (χ1n) is 10.5. The molecule has 0 aliphatic carbocycles. The average Bonchev–Trinajstić information content (AvgIpc) is 2.65. The maximum atomic E-state index is 12.5. The highest BCUT2D eigenvalue weighted by Gasteiger charge is 2.37. The van der Waals surface area contributed by atoms with Crippen molar-refractivity contribution in [1.82, 2.24) is 9.71 Å². The molecule has 4 nitrogen and oxygen atoms in total. The van der Waals surface area contributed by atoms with E-state index in [0.717, 1.165) is 25.5 Å². The molecule has 2 aromatic rings. The van der Waals surface area contributed by atoms with Gasteiger partial charge in [0.15, 0.2) is 8.32 Å². The molecule has 1 aromatic heterocycles. The normalized spacial score (nSPS) is 14.0. The number of pyridine rings is 1. The van der Waals surface area contributed by atoms with Gasteiger partial charge in [0.25, 0.3) is 0 Å². The summed E-state index contributed by atoms with van der Waals surface area (Å²) in [5, 5.41) is 1.64. The summed E-state index contributed by atoms with van der Waals surface area (Å²) in [6, 6.07) is 7.88. The Kier molecular flexibility index (Phi) is 9.79. The van der Waals surface area contributed by atoms with Crippen LogP contribution in [0.3, 0.4) is 0 Å². The maximum absolute atomic E-state index is 12.5. The van der Waals surface area contributed by atoms with Gasteiger partial charge in [-0.05, 0) is 62.7 Å². The van der Waals surface area contributed by atoms with Crippen molar-refractivity contribution in [2.24, 2.45) is 0 Å². The monoisotopic (exact) mass is 576 g/mol. The minimum Gasteiger partial charge on any atom is -0.598 e. The van der Waals surface area contributed by atoms with Crippen LogP contribution in [-0.2, 0) is 28.9 Å². The van der Waals surface area contributed by atoms with Crippen LogP contribution in [0.25, 0.3) is 0 Å². The molecule has 0 amide bonds. The van der Waals surface area contributed by atoms with E-state index in [2.05, 4.69) is 65.6 Å². The lowest BCUT2D eigenvalue weighted by molar-refractivity contribution is 0.273. The number of aromatic nitrogens is 1. The van der Waals surface area contributed by atoms with Crippen LogP contribution in [0.5, 0.6) is 0 Å². The molecule has 1 N–H and O–H groups in total. The zero-order valence-electron chi connectivity index (χ0n) is 20.1. The molecule has 178 valence electrons. The summed E-state index contributed by atoms with van der Waals surface area (Å²) in [5.41, 5.74) is 2.01. The van der Waals surface area contributed by atoms with Gasteiger partial charge in [-0.2, -0.15) is 0 Å². The predicted octanol–water partition coefficient (Wildman–Crippen LogP) is 7.72. The van der Waals surface area contributed by atoms with Gasteiger partial charge in [0, 0.05) is 32.5 Å². The highest BCUT2D eigenvalue weighted by atomic mass is 79.9. The largest absolute Gasteiger partial charge is 0.598 e. The highest BCUT2D eigenvalue weighted by Crippen LogP contribution is 2.40. The molecule has 1 aromatic carbocycles. The van der Waals surface area contributed by atoms with Gasteiger partial charge in [0.05, 0.1) is 18.2 Å². The number of hydrogen-bond acceptors (Lipinski definition) is 5. The molecular formula is C23H34BrClN2O2S2Si. The van der Waals surface area contributed by atoms with Crippen molar-refractivity contribution >= 4 is 59.0 Å². The standard InChI is InChI=1S/C23H34BrClN2O2S2Si/c1-22(2,3)31(28)27-14-17-12-18(24)13-19(25)20(17)30-21-16(10-9-11-26-21)15-29-32(7,8)23(4,5)6/h9-13,27H,14-15H2,1-8H3. The van der Waals surface area contributed by atoms with Crippen molar-refractivity contribution in [1.29, 1.82) is 0 Å². The Balaban J connectivity index is 2.29. The van der Waals surface area contributed by atoms with Crippen LogP contribution in [0.4, 0.5) is 0 Å². The molecule has 0 aliphatic rings. The molecule has 0 saturated carbocycles. The third-order valence-corrected chi connectivity index (χ3v) is 13.6. The van der Waals surface area contributed by atoms with Gasteiger partial charge in [0.2, 0.25) is 0 Å². The fourth-order valence-electron chi connectivity index (χ4n) is 2.42. The number of halogens is 2. The van der Waals surface area contributed by atoms with Crippen LogP contribution in [0.15, 0.2) is 44.9 Å². The van der Waals surface area contributed by atoms with E-state index in [1.165, 1.54) is 11.8 Å². The number of nitrogens with zero attached hydrogens (tertiary/aromatic N) is 1. The summed E-state index contributed by atoms with van der Waals surface area (Å²) < 4.78 is 22.6. The van der Waals surface area contributed by atoms with E-state index in [1.54, 1.807) is 6.20 Å². The fraction of sp³-hybridized carbons (Fsp3) is 0.522. The third-order valence-electron chi connectivity index (χ3n) is 5.48. The van der Waals surface area contributed by atoms with E-state index in [4.69, 9.17) is 16.0 Å². The second-order valence-electron chi connectivity index (χ2n) is 10.2. The van der Waals surface area contributed by atoms with Crippen molar-refractivity contribution in [2.75, 3.05) is 0 Å². The van der Waals surface area contributed by atoms with Crippen molar-refractivity contribution < 1.29 is 8.98 Å². The molecule has 0 bridgehead atoms. The number of rotatable bonds is 8. The SMILES string of the molecule is CC(C)(C)[S+]([O-])NCc1cc(Br)cc(Cl)c1Sc1ncccc1CO[Si](C)(C)C(C)(C)C. The van der Waals surface area contributed by atoms with Gasteiger partial charge in [-0.1, -0.05) is 66.1 Å². The Labute approximate surface area is 215 Å². The highest BCUT2D eigenvalue weighted by molar-refractivity contribution is 9.10. The molecule has 9 heteroatoms. The van der Waals surface area contributed by atoms with Gasteiger partial charge in [-0.15, -0.1) is 4.72 Å². The van der Waals surface area contributed by atoms with Gasteiger partial charge in [-0.25, -0.2) is 4.98 Å². The van der Waals surface area contributed by atoms with E-state index in [0.29, 0.717) is 18.2 Å². The predicted molar refractivity (Wildman–Crippen MR) is 144 cm³/mol.